The van der Waals surface area contributed by atoms with Crippen molar-refractivity contribution in [1.29, 1.82) is 0 Å². The number of ether oxygens (including phenoxy) is 4. The van der Waals surface area contributed by atoms with Gasteiger partial charge in [-0.15, -0.1) is 0 Å². The van der Waals surface area contributed by atoms with Gasteiger partial charge in [-0.2, -0.15) is 0 Å². The first-order valence-electron chi connectivity index (χ1n) is 8.84. The van der Waals surface area contributed by atoms with Crippen molar-refractivity contribution >= 4 is 6.08 Å². The van der Waals surface area contributed by atoms with Crippen molar-refractivity contribution in [2.24, 2.45) is 0 Å². The molecule has 0 spiro atoms. The number of methoxy groups -OCH3 is 3. The fraction of sp³-hybridized carbons (Fsp3) is 0.333. The van der Waals surface area contributed by atoms with Crippen LogP contribution in [-0.4, -0.2) is 61.1 Å². The van der Waals surface area contributed by atoms with E-state index in [0.29, 0.717) is 22.6 Å². The Morgan fingerprint density at radius 1 is 0.931 bits per heavy atom. The molecule has 0 aliphatic heterocycles. The second kappa shape index (κ2) is 10.6. The Morgan fingerprint density at radius 2 is 1.55 bits per heavy atom. The minimum absolute atomic E-state index is 0.0696. The first kappa shape index (κ1) is 22.4. The van der Waals surface area contributed by atoms with E-state index in [4.69, 9.17) is 24.1 Å². The van der Waals surface area contributed by atoms with Crippen LogP contribution in [0.4, 0.5) is 0 Å². The Morgan fingerprint density at radius 3 is 2.07 bits per heavy atom. The molecule has 8 heteroatoms. The number of hydrogen-bond acceptors (Lipinski definition) is 8. The SMILES string of the molecule is COc1cc([C@H](O)[C@H](CO)Oc2c(OC)cc(/C=C/CO)cc2OC)ccc1O. The maximum atomic E-state index is 10.7. The molecule has 0 unspecified atom stereocenters. The highest BCUT2D eigenvalue weighted by molar-refractivity contribution is 5.62. The highest BCUT2D eigenvalue weighted by atomic mass is 16.6. The summed E-state index contributed by atoms with van der Waals surface area (Å²) in [6, 6.07) is 7.70. The van der Waals surface area contributed by atoms with Crippen molar-refractivity contribution in [2.45, 2.75) is 12.2 Å². The molecule has 0 fully saturated rings. The predicted molar refractivity (Wildman–Crippen MR) is 107 cm³/mol. The molecule has 0 aliphatic carbocycles. The molecular weight excluding hydrogens is 380 g/mol. The second-order valence-electron chi connectivity index (χ2n) is 6.05. The van der Waals surface area contributed by atoms with Gasteiger partial charge in [0.2, 0.25) is 5.75 Å². The number of benzene rings is 2. The lowest BCUT2D eigenvalue weighted by Gasteiger charge is -2.25. The fourth-order valence-corrected chi connectivity index (χ4v) is 2.75. The van der Waals surface area contributed by atoms with Crippen LogP contribution in [0.15, 0.2) is 36.4 Å². The Labute approximate surface area is 169 Å². The van der Waals surface area contributed by atoms with Gasteiger partial charge >= 0.3 is 0 Å². The number of aliphatic hydroxyl groups excluding tert-OH is 3. The van der Waals surface area contributed by atoms with Crippen LogP contribution >= 0.6 is 0 Å². The van der Waals surface area contributed by atoms with Crippen LogP contribution in [0.25, 0.3) is 6.08 Å². The standard InChI is InChI=1S/C21H26O8/c1-26-16-11-14(6-7-15(16)24)20(25)19(12-23)29-21-17(27-2)9-13(5-4-8-22)10-18(21)28-3/h4-7,9-11,19-20,22-25H,8,12H2,1-3H3/b5-4+/t19-,20-/m0/s1. The van der Waals surface area contributed by atoms with Crippen molar-refractivity contribution < 1.29 is 39.4 Å². The van der Waals surface area contributed by atoms with Crippen LogP contribution in [0.2, 0.25) is 0 Å². The van der Waals surface area contributed by atoms with E-state index < -0.39 is 18.8 Å². The highest BCUT2D eigenvalue weighted by Crippen LogP contribution is 2.41. The molecule has 0 amide bonds. The zero-order valence-corrected chi connectivity index (χ0v) is 16.5. The molecule has 0 saturated carbocycles. The van der Waals surface area contributed by atoms with Gasteiger partial charge in [0.25, 0.3) is 0 Å². The van der Waals surface area contributed by atoms with E-state index in [9.17, 15) is 15.3 Å². The summed E-state index contributed by atoms with van der Waals surface area (Å²) < 4.78 is 21.7. The van der Waals surface area contributed by atoms with Crippen LogP contribution in [0.3, 0.4) is 0 Å². The summed E-state index contributed by atoms with van der Waals surface area (Å²) in [5.74, 6) is 0.986. The Hall–Kier alpha value is -2.94. The van der Waals surface area contributed by atoms with Crippen molar-refractivity contribution in [2.75, 3.05) is 34.5 Å². The van der Waals surface area contributed by atoms with E-state index in [1.807, 2.05) is 0 Å². The third kappa shape index (κ3) is 5.32. The Bertz CT molecular complexity index is 808. The molecule has 0 heterocycles. The number of aromatic hydroxyl groups is 1. The normalized spacial score (nSPS) is 13.2. The van der Waals surface area contributed by atoms with E-state index in [-0.39, 0.29) is 23.9 Å². The van der Waals surface area contributed by atoms with Gasteiger partial charge in [0, 0.05) is 0 Å². The largest absolute Gasteiger partial charge is 0.504 e. The molecule has 8 nitrogen and oxygen atoms in total. The molecule has 0 aromatic heterocycles. The zero-order chi connectivity index (χ0) is 21.4. The van der Waals surface area contributed by atoms with E-state index >= 15 is 0 Å². The number of phenolic OH excluding ortho intramolecular Hbond substituents is 1. The van der Waals surface area contributed by atoms with Gasteiger partial charge in [0.05, 0.1) is 34.5 Å². The summed E-state index contributed by atoms with van der Waals surface area (Å²) >= 11 is 0. The monoisotopic (exact) mass is 406 g/mol. The lowest BCUT2D eigenvalue weighted by atomic mass is 10.0. The maximum Gasteiger partial charge on any atom is 0.204 e. The number of rotatable bonds is 10. The van der Waals surface area contributed by atoms with Crippen LogP contribution in [0.1, 0.15) is 17.2 Å². The number of phenols is 1. The highest BCUT2D eigenvalue weighted by Gasteiger charge is 2.26. The average Bonchev–Trinajstić information content (AvgIpc) is 2.75. The molecule has 2 aromatic rings. The third-order valence-electron chi connectivity index (χ3n) is 4.25. The number of aliphatic hydroxyl groups is 3. The topological polar surface area (TPSA) is 118 Å². The van der Waals surface area contributed by atoms with Crippen LogP contribution in [0.5, 0.6) is 28.7 Å². The molecule has 2 aromatic carbocycles. The fourth-order valence-electron chi connectivity index (χ4n) is 2.75. The van der Waals surface area contributed by atoms with E-state index in [2.05, 4.69) is 0 Å². The van der Waals surface area contributed by atoms with E-state index in [1.165, 1.54) is 39.5 Å². The molecule has 29 heavy (non-hydrogen) atoms. The summed E-state index contributed by atoms with van der Waals surface area (Å²) in [4.78, 5) is 0. The van der Waals surface area contributed by atoms with Crippen LogP contribution in [0, 0.1) is 0 Å². The summed E-state index contributed by atoms with van der Waals surface area (Å²) in [6.45, 7) is -0.611. The third-order valence-corrected chi connectivity index (χ3v) is 4.25. The van der Waals surface area contributed by atoms with Gasteiger partial charge in [-0.25, -0.2) is 0 Å². The minimum Gasteiger partial charge on any atom is -0.504 e. The summed E-state index contributed by atoms with van der Waals surface area (Å²) in [6.07, 6.45) is 0.979. The summed E-state index contributed by atoms with van der Waals surface area (Å²) in [7, 11) is 4.31. The number of hydrogen-bond donors (Lipinski definition) is 4. The quantitative estimate of drug-likeness (QED) is 0.473. The summed E-state index contributed by atoms with van der Waals surface area (Å²) in [5.41, 5.74) is 1.10. The zero-order valence-electron chi connectivity index (χ0n) is 16.5. The second-order valence-corrected chi connectivity index (χ2v) is 6.05. The lowest BCUT2D eigenvalue weighted by Crippen LogP contribution is -2.29. The molecule has 0 saturated heterocycles. The van der Waals surface area contributed by atoms with Gasteiger partial charge in [-0.3, -0.25) is 0 Å². The molecule has 2 atom stereocenters. The molecule has 158 valence electrons. The van der Waals surface area contributed by atoms with Gasteiger partial charge in [-0.1, -0.05) is 18.2 Å². The van der Waals surface area contributed by atoms with Crippen molar-refractivity contribution in [3.8, 4) is 28.7 Å². The van der Waals surface area contributed by atoms with Gasteiger partial charge < -0.3 is 39.4 Å². The van der Waals surface area contributed by atoms with Crippen molar-refractivity contribution in [3.63, 3.8) is 0 Å². The predicted octanol–water partition coefficient (Wildman–Crippen LogP) is 1.90. The molecule has 0 radical (unpaired) electrons. The van der Waals surface area contributed by atoms with E-state index in [0.717, 1.165) is 0 Å². The molecule has 2 rings (SSSR count). The molecule has 0 bridgehead atoms. The summed E-state index contributed by atoms with van der Waals surface area (Å²) in [5, 5.41) is 39.2. The van der Waals surface area contributed by atoms with Crippen LogP contribution < -0.4 is 18.9 Å². The van der Waals surface area contributed by atoms with Crippen molar-refractivity contribution in [3.05, 3.63) is 47.5 Å². The molecule has 4 N–H and O–H groups in total. The molecular formula is C21H26O8. The maximum absolute atomic E-state index is 10.7. The van der Waals surface area contributed by atoms with E-state index in [1.54, 1.807) is 24.3 Å². The first-order chi connectivity index (χ1) is 14.0. The first-order valence-corrected chi connectivity index (χ1v) is 8.84. The Kier molecular flexibility index (Phi) is 8.14. The van der Waals surface area contributed by atoms with Gasteiger partial charge in [0.15, 0.2) is 29.1 Å². The van der Waals surface area contributed by atoms with Crippen LogP contribution in [-0.2, 0) is 0 Å². The average molecular weight is 406 g/mol. The smallest absolute Gasteiger partial charge is 0.204 e. The lowest BCUT2D eigenvalue weighted by molar-refractivity contribution is -0.00174. The van der Waals surface area contributed by atoms with Gasteiger partial charge in [-0.05, 0) is 35.4 Å². The Balaban J connectivity index is 2.37. The minimum atomic E-state index is -1.22. The van der Waals surface area contributed by atoms with Crippen molar-refractivity contribution in [1.82, 2.24) is 0 Å². The van der Waals surface area contributed by atoms with Gasteiger partial charge in [0.1, 0.15) is 6.10 Å². The molecule has 0 aliphatic rings.